The van der Waals surface area contributed by atoms with Gasteiger partial charge in [0.15, 0.2) is 5.11 Å². The molecule has 1 aromatic carbocycles. The number of halogens is 1. The van der Waals surface area contributed by atoms with Gasteiger partial charge in [0.2, 0.25) is 11.7 Å². The number of anilines is 1. The van der Waals surface area contributed by atoms with Crippen molar-refractivity contribution < 1.29 is 19.1 Å². The maximum atomic E-state index is 11.7. The molecule has 2 aromatic rings. The summed E-state index contributed by atoms with van der Waals surface area (Å²) in [7, 11) is 0. The van der Waals surface area contributed by atoms with Crippen LogP contribution in [0.5, 0.6) is 0 Å². The monoisotopic (exact) mass is 410 g/mol. The van der Waals surface area contributed by atoms with E-state index in [0.717, 1.165) is 4.47 Å². The van der Waals surface area contributed by atoms with Gasteiger partial charge in [-0.3, -0.25) is 4.79 Å². The Kier molecular flexibility index (Phi) is 5.74. The molecule has 1 aromatic heterocycles. The fourth-order valence-corrected chi connectivity index (χ4v) is 2.41. The molecule has 6 nitrogen and oxygen atoms in total. The van der Waals surface area contributed by atoms with Crippen LogP contribution in [-0.2, 0) is 4.79 Å². The Morgan fingerprint density at radius 2 is 1.96 bits per heavy atom. The molecule has 3 N–H and O–H groups in total. The zero-order valence-electron chi connectivity index (χ0n) is 12.9. The van der Waals surface area contributed by atoms with Crippen LogP contribution in [0.1, 0.15) is 24.4 Å². The van der Waals surface area contributed by atoms with Gasteiger partial charge in [-0.25, -0.2) is 4.79 Å². The van der Waals surface area contributed by atoms with Gasteiger partial charge in [-0.1, -0.05) is 29.8 Å². The Balaban J connectivity index is 2.29. The van der Waals surface area contributed by atoms with Crippen LogP contribution in [-0.4, -0.2) is 22.1 Å². The average molecular weight is 411 g/mol. The van der Waals surface area contributed by atoms with E-state index >= 15 is 0 Å². The largest absolute Gasteiger partial charge is 0.475 e. The fraction of sp³-hybridized carbons (Fsp3) is 0.188. The van der Waals surface area contributed by atoms with E-state index < -0.39 is 5.97 Å². The second-order valence-electron chi connectivity index (χ2n) is 5.26. The SMILES string of the molecule is CC(C)C(=O)NC(=S)Nc1cc(Br)ccc1-c1ccc(C(=O)O)o1. The first-order chi connectivity index (χ1) is 11.3. The maximum absolute atomic E-state index is 11.7. The number of rotatable bonds is 4. The summed E-state index contributed by atoms with van der Waals surface area (Å²) in [4.78, 5) is 22.7. The minimum atomic E-state index is -1.15. The Bertz CT molecular complexity index is 801. The molecule has 0 atom stereocenters. The van der Waals surface area contributed by atoms with Crippen molar-refractivity contribution in [3.8, 4) is 11.3 Å². The number of benzene rings is 1. The van der Waals surface area contributed by atoms with E-state index in [1.807, 2.05) is 0 Å². The van der Waals surface area contributed by atoms with Crippen LogP contribution in [0.4, 0.5) is 5.69 Å². The molecule has 0 saturated carbocycles. The lowest BCUT2D eigenvalue weighted by molar-refractivity contribution is -0.122. The van der Waals surface area contributed by atoms with Gasteiger partial charge in [0.25, 0.3) is 0 Å². The summed E-state index contributed by atoms with van der Waals surface area (Å²) in [5, 5.41) is 14.6. The van der Waals surface area contributed by atoms with Gasteiger partial charge >= 0.3 is 5.97 Å². The van der Waals surface area contributed by atoms with Crippen LogP contribution in [0.25, 0.3) is 11.3 Å². The van der Waals surface area contributed by atoms with Crippen molar-refractivity contribution >= 4 is 50.8 Å². The summed E-state index contributed by atoms with van der Waals surface area (Å²) in [5.74, 6) is -1.33. The van der Waals surface area contributed by atoms with Crippen LogP contribution in [0.3, 0.4) is 0 Å². The summed E-state index contributed by atoms with van der Waals surface area (Å²) >= 11 is 8.51. The highest BCUT2D eigenvalue weighted by molar-refractivity contribution is 9.10. The number of carboxylic acid groups (broad SMARTS) is 1. The molecule has 0 aliphatic carbocycles. The summed E-state index contributed by atoms with van der Waals surface area (Å²) in [6, 6.07) is 8.24. The lowest BCUT2D eigenvalue weighted by atomic mass is 10.1. The van der Waals surface area contributed by atoms with Gasteiger partial charge in [0.1, 0.15) is 5.76 Å². The van der Waals surface area contributed by atoms with E-state index in [1.165, 1.54) is 6.07 Å². The highest BCUT2D eigenvalue weighted by atomic mass is 79.9. The van der Waals surface area contributed by atoms with E-state index in [9.17, 15) is 9.59 Å². The van der Waals surface area contributed by atoms with Crippen LogP contribution in [0.15, 0.2) is 39.2 Å². The molecule has 1 heterocycles. The summed E-state index contributed by atoms with van der Waals surface area (Å²) < 4.78 is 6.12. The van der Waals surface area contributed by atoms with Crippen LogP contribution in [0.2, 0.25) is 0 Å². The van der Waals surface area contributed by atoms with Crippen molar-refractivity contribution in [1.29, 1.82) is 0 Å². The second-order valence-corrected chi connectivity index (χ2v) is 6.58. The predicted molar refractivity (Wildman–Crippen MR) is 98.0 cm³/mol. The zero-order chi connectivity index (χ0) is 17.9. The van der Waals surface area contributed by atoms with Gasteiger partial charge in [-0.2, -0.15) is 0 Å². The predicted octanol–water partition coefficient (Wildman–Crippen LogP) is 3.88. The van der Waals surface area contributed by atoms with Gasteiger partial charge < -0.3 is 20.2 Å². The molecule has 0 spiro atoms. The van der Waals surface area contributed by atoms with Gasteiger partial charge in [0.05, 0.1) is 5.69 Å². The number of hydrogen-bond acceptors (Lipinski definition) is 4. The van der Waals surface area contributed by atoms with Crippen molar-refractivity contribution in [2.75, 3.05) is 5.32 Å². The van der Waals surface area contributed by atoms with E-state index in [2.05, 4.69) is 26.6 Å². The van der Waals surface area contributed by atoms with Crippen molar-refractivity contribution in [2.24, 2.45) is 5.92 Å². The maximum Gasteiger partial charge on any atom is 0.371 e. The second kappa shape index (κ2) is 7.59. The zero-order valence-corrected chi connectivity index (χ0v) is 15.3. The highest BCUT2D eigenvalue weighted by Crippen LogP contribution is 2.32. The van der Waals surface area contributed by atoms with Crippen LogP contribution >= 0.6 is 28.1 Å². The van der Waals surface area contributed by atoms with Crippen molar-refractivity contribution in [1.82, 2.24) is 5.32 Å². The number of hydrogen-bond donors (Lipinski definition) is 3. The van der Waals surface area contributed by atoms with Crippen molar-refractivity contribution in [3.63, 3.8) is 0 Å². The molecule has 0 unspecified atom stereocenters. The normalized spacial score (nSPS) is 10.5. The molecule has 2 rings (SSSR count). The van der Waals surface area contributed by atoms with E-state index in [1.54, 1.807) is 38.1 Å². The number of furan rings is 1. The number of aromatic carboxylic acids is 1. The molecule has 0 fully saturated rings. The molecule has 0 bridgehead atoms. The summed E-state index contributed by atoms with van der Waals surface area (Å²) in [5.41, 5.74) is 1.19. The van der Waals surface area contributed by atoms with E-state index in [4.69, 9.17) is 21.7 Å². The fourth-order valence-electron chi connectivity index (χ4n) is 1.84. The Labute approximate surface area is 152 Å². The standard InChI is InChI=1S/C16H15BrN2O4S/c1-8(2)14(20)19-16(24)18-11-7-9(17)3-4-10(11)12-5-6-13(23-12)15(21)22/h3-8H,1-2H3,(H,21,22)(H2,18,19,20,24). The lowest BCUT2D eigenvalue weighted by Crippen LogP contribution is -2.36. The molecule has 0 radical (unpaired) electrons. The first-order valence-electron chi connectivity index (χ1n) is 7.03. The third-order valence-corrected chi connectivity index (χ3v) is 3.77. The molecule has 8 heteroatoms. The van der Waals surface area contributed by atoms with Gasteiger partial charge in [0, 0.05) is 16.0 Å². The molecular formula is C16H15BrN2O4S. The molecule has 24 heavy (non-hydrogen) atoms. The smallest absolute Gasteiger partial charge is 0.371 e. The number of carbonyl (C=O) groups excluding carboxylic acids is 1. The van der Waals surface area contributed by atoms with Crippen LogP contribution in [0, 0.1) is 5.92 Å². The van der Waals surface area contributed by atoms with Crippen LogP contribution < -0.4 is 10.6 Å². The van der Waals surface area contributed by atoms with Crippen molar-refractivity contribution in [2.45, 2.75) is 13.8 Å². The quantitative estimate of drug-likeness (QED) is 0.662. The topological polar surface area (TPSA) is 91.6 Å². The number of carbonyl (C=O) groups is 2. The van der Waals surface area contributed by atoms with Gasteiger partial charge in [-0.05, 0) is 42.5 Å². The first kappa shape index (κ1) is 18.2. The third-order valence-electron chi connectivity index (χ3n) is 3.07. The third kappa shape index (κ3) is 4.42. The lowest BCUT2D eigenvalue weighted by Gasteiger charge is -2.14. The summed E-state index contributed by atoms with van der Waals surface area (Å²) in [6.07, 6.45) is 0. The van der Waals surface area contributed by atoms with Gasteiger partial charge in [-0.15, -0.1) is 0 Å². The molecule has 1 amide bonds. The first-order valence-corrected chi connectivity index (χ1v) is 8.23. The highest BCUT2D eigenvalue weighted by Gasteiger charge is 2.15. The van der Waals surface area contributed by atoms with Crippen molar-refractivity contribution in [3.05, 3.63) is 40.6 Å². The average Bonchev–Trinajstić information content (AvgIpc) is 2.97. The number of thiocarbonyl (C=S) groups is 1. The summed E-state index contributed by atoms with van der Waals surface area (Å²) in [6.45, 7) is 3.53. The van der Waals surface area contributed by atoms with E-state index in [0.29, 0.717) is 17.0 Å². The Hall–Kier alpha value is -2.19. The molecule has 126 valence electrons. The number of nitrogens with one attached hydrogen (secondary N) is 2. The number of amides is 1. The molecule has 0 aliphatic rings. The minimum absolute atomic E-state index is 0.151. The Morgan fingerprint density at radius 1 is 1.25 bits per heavy atom. The minimum Gasteiger partial charge on any atom is -0.475 e. The Morgan fingerprint density at radius 3 is 2.54 bits per heavy atom. The molecule has 0 saturated heterocycles. The molecule has 0 aliphatic heterocycles. The van der Waals surface area contributed by atoms with E-state index in [-0.39, 0.29) is 22.7 Å². The molecular weight excluding hydrogens is 396 g/mol. The number of carboxylic acids is 1.